The van der Waals surface area contributed by atoms with E-state index in [1.165, 1.54) is 30.7 Å². The minimum absolute atomic E-state index is 0.0849. The van der Waals surface area contributed by atoms with Gasteiger partial charge < -0.3 is 9.47 Å². The van der Waals surface area contributed by atoms with Crippen molar-refractivity contribution < 1.29 is 27.5 Å². The zero-order chi connectivity index (χ0) is 29.3. The van der Waals surface area contributed by atoms with Crippen molar-refractivity contribution in [3.8, 4) is 0 Å². The van der Waals surface area contributed by atoms with E-state index in [1.54, 1.807) is 18.2 Å². The molecule has 1 fully saturated rings. The molecule has 3 aromatic carbocycles. The number of fused-ring (bicyclic) bond motifs is 1. The fourth-order valence-corrected chi connectivity index (χ4v) is 7.87. The Balaban J connectivity index is 1.75. The first-order chi connectivity index (χ1) is 19.7. The smallest absolute Gasteiger partial charge is 0.318 e. The largest absolute Gasteiger partial charge is 0.468 e. The predicted octanol–water partition coefficient (Wildman–Crippen LogP) is 5.00. The lowest BCUT2D eigenvalue weighted by molar-refractivity contribution is -0.173. The topological polar surface area (TPSA) is 90.0 Å². The lowest BCUT2D eigenvalue weighted by Crippen LogP contribution is -2.58. The molecule has 5 rings (SSSR count). The molecule has 4 atom stereocenters. The standard InChI is InChI=1S/C33H33NO6S/c1-24-14-17-27(18-15-24)41(37,38)34-22-32(30(35)39-2)21-20-28(26-12-8-5-9-13-26)29(33(32,23-34)31(36)40-3)19-16-25-10-6-4-7-11-25/h4-21,28-29H,22-23H2,1-3H3/b19-16+/t28-,29-,32-,33-/m1/s1. The Morgan fingerprint density at radius 1 is 0.854 bits per heavy atom. The Bertz CT molecular complexity index is 1580. The second-order valence-corrected chi connectivity index (χ2v) is 12.5. The van der Waals surface area contributed by atoms with Gasteiger partial charge in [0, 0.05) is 24.9 Å². The van der Waals surface area contributed by atoms with Crippen LogP contribution in [0.5, 0.6) is 0 Å². The first kappa shape index (κ1) is 28.5. The van der Waals surface area contributed by atoms with Crippen molar-refractivity contribution in [3.63, 3.8) is 0 Å². The van der Waals surface area contributed by atoms with Gasteiger partial charge in [0.1, 0.15) is 10.8 Å². The van der Waals surface area contributed by atoms with E-state index in [-0.39, 0.29) is 23.9 Å². The number of methoxy groups -OCH3 is 2. The summed E-state index contributed by atoms with van der Waals surface area (Å²) in [5.41, 5.74) is -0.500. The predicted molar refractivity (Wildman–Crippen MR) is 156 cm³/mol. The molecule has 0 N–H and O–H groups in total. The van der Waals surface area contributed by atoms with E-state index in [9.17, 15) is 18.0 Å². The summed E-state index contributed by atoms with van der Waals surface area (Å²) in [6.07, 6.45) is 7.39. The summed E-state index contributed by atoms with van der Waals surface area (Å²) in [6.45, 7) is 1.35. The van der Waals surface area contributed by atoms with Gasteiger partial charge in [-0.25, -0.2) is 8.42 Å². The Morgan fingerprint density at radius 2 is 1.46 bits per heavy atom. The Labute approximate surface area is 241 Å². The number of carbonyl (C=O) groups is 2. The number of allylic oxidation sites excluding steroid dienone is 2. The fraction of sp³-hybridized carbons (Fsp3) is 0.273. The highest BCUT2D eigenvalue weighted by molar-refractivity contribution is 7.89. The normalized spacial score (nSPS) is 26.0. The van der Waals surface area contributed by atoms with Crippen molar-refractivity contribution >= 4 is 28.0 Å². The van der Waals surface area contributed by atoms with Gasteiger partial charge in [0.05, 0.1) is 19.1 Å². The van der Waals surface area contributed by atoms with Crippen LogP contribution in [-0.4, -0.2) is 52.0 Å². The van der Waals surface area contributed by atoms with Crippen LogP contribution in [-0.2, 0) is 29.1 Å². The van der Waals surface area contributed by atoms with Gasteiger partial charge in [-0.2, -0.15) is 4.31 Å². The van der Waals surface area contributed by atoms with Crippen molar-refractivity contribution in [2.45, 2.75) is 17.7 Å². The van der Waals surface area contributed by atoms with E-state index < -0.39 is 38.7 Å². The molecule has 1 saturated heterocycles. The molecule has 212 valence electrons. The van der Waals surface area contributed by atoms with E-state index in [0.29, 0.717) is 0 Å². The number of esters is 2. The Hall–Kier alpha value is -4.01. The zero-order valence-corrected chi connectivity index (χ0v) is 24.1. The summed E-state index contributed by atoms with van der Waals surface area (Å²) in [6, 6.07) is 25.8. The van der Waals surface area contributed by atoms with E-state index in [4.69, 9.17) is 9.47 Å². The number of nitrogens with zero attached hydrogens (tertiary/aromatic N) is 1. The molecule has 0 amide bonds. The third-order valence-corrected chi connectivity index (χ3v) is 10.2. The number of hydrogen-bond acceptors (Lipinski definition) is 6. The lowest BCUT2D eigenvalue weighted by atomic mass is 9.52. The molecule has 41 heavy (non-hydrogen) atoms. The van der Waals surface area contributed by atoms with Gasteiger partial charge in [-0.3, -0.25) is 9.59 Å². The van der Waals surface area contributed by atoms with Crippen LogP contribution < -0.4 is 0 Å². The van der Waals surface area contributed by atoms with Crippen LogP contribution >= 0.6 is 0 Å². The van der Waals surface area contributed by atoms with Crippen LogP contribution in [0.1, 0.15) is 22.6 Å². The number of ether oxygens (including phenoxy) is 2. The van der Waals surface area contributed by atoms with Crippen molar-refractivity contribution in [2.75, 3.05) is 27.3 Å². The van der Waals surface area contributed by atoms with E-state index in [1.807, 2.05) is 85.8 Å². The van der Waals surface area contributed by atoms with Crippen LogP contribution in [0.25, 0.3) is 6.08 Å². The number of benzene rings is 3. The van der Waals surface area contributed by atoms with Gasteiger partial charge in [-0.15, -0.1) is 0 Å². The third-order valence-electron chi connectivity index (χ3n) is 8.43. The summed E-state index contributed by atoms with van der Waals surface area (Å²) >= 11 is 0. The Kier molecular flexibility index (Phi) is 7.72. The number of rotatable bonds is 7. The summed E-state index contributed by atoms with van der Waals surface area (Å²) in [5.74, 6) is -2.36. The molecule has 0 radical (unpaired) electrons. The van der Waals surface area contributed by atoms with E-state index in [0.717, 1.165) is 16.7 Å². The molecule has 2 aliphatic rings. The van der Waals surface area contributed by atoms with Crippen molar-refractivity contribution in [1.29, 1.82) is 0 Å². The SMILES string of the molecule is COC(=O)[C@]12CN(S(=O)(=O)c3ccc(C)cc3)C[C@@]1(C(=O)OC)C=C[C@H](c1ccccc1)[C@H]2/C=C/c1ccccc1. The highest BCUT2D eigenvalue weighted by Crippen LogP contribution is 2.61. The molecule has 7 nitrogen and oxygen atoms in total. The monoisotopic (exact) mass is 571 g/mol. The van der Waals surface area contributed by atoms with Gasteiger partial charge in [0.25, 0.3) is 0 Å². The van der Waals surface area contributed by atoms with Gasteiger partial charge in [0.15, 0.2) is 0 Å². The van der Waals surface area contributed by atoms with E-state index >= 15 is 0 Å². The van der Waals surface area contributed by atoms with Gasteiger partial charge in [0.2, 0.25) is 10.0 Å². The average molecular weight is 572 g/mol. The van der Waals surface area contributed by atoms with Crippen LogP contribution in [0, 0.1) is 23.7 Å². The molecular weight excluding hydrogens is 538 g/mol. The van der Waals surface area contributed by atoms with Crippen molar-refractivity contribution in [3.05, 3.63) is 120 Å². The van der Waals surface area contributed by atoms with Gasteiger partial charge >= 0.3 is 11.9 Å². The molecule has 1 aliphatic heterocycles. The van der Waals surface area contributed by atoms with E-state index in [2.05, 4.69) is 0 Å². The van der Waals surface area contributed by atoms with Crippen LogP contribution in [0.4, 0.5) is 0 Å². The summed E-state index contributed by atoms with van der Waals surface area (Å²) < 4.78 is 40.0. The minimum atomic E-state index is -4.09. The highest BCUT2D eigenvalue weighted by Gasteiger charge is 2.72. The number of carbonyl (C=O) groups excluding carboxylic acids is 2. The molecule has 0 bridgehead atoms. The number of aryl methyl sites for hydroxylation is 1. The first-order valence-corrected chi connectivity index (χ1v) is 14.8. The molecule has 0 aromatic heterocycles. The fourth-order valence-electron chi connectivity index (χ4n) is 6.34. The molecule has 1 heterocycles. The van der Waals surface area contributed by atoms with Crippen LogP contribution in [0.15, 0.2) is 108 Å². The maximum absolute atomic E-state index is 14.1. The van der Waals surface area contributed by atoms with Crippen LogP contribution in [0.3, 0.4) is 0 Å². The average Bonchev–Trinajstić information content (AvgIpc) is 3.39. The molecule has 3 aromatic rings. The number of hydrogen-bond donors (Lipinski definition) is 0. The maximum atomic E-state index is 14.1. The lowest BCUT2D eigenvalue weighted by Gasteiger charge is -2.48. The number of sulfonamides is 1. The molecule has 0 unspecified atom stereocenters. The van der Waals surface area contributed by atoms with Gasteiger partial charge in [-0.05, 0) is 30.2 Å². The first-order valence-electron chi connectivity index (χ1n) is 13.4. The molecule has 8 heteroatoms. The van der Waals surface area contributed by atoms with Crippen molar-refractivity contribution in [1.82, 2.24) is 4.31 Å². The summed E-state index contributed by atoms with van der Waals surface area (Å²) in [4.78, 5) is 28.0. The maximum Gasteiger partial charge on any atom is 0.318 e. The van der Waals surface area contributed by atoms with Crippen LogP contribution in [0.2, 0.25) is 0 Å². The van der Waals surface area contributed by atoms with Gasteiger partial charge in [-0.1, -0.05) is 103 Å². The second kappa shape index (κ2) is 11.1. The molecule has 0 saturated carbocycles. The third kappa shape index (κ3) is 4.71. The summed E-state index contributed by atoms with van der Waals surface area (Å²) in [5, 5.41) is 0. The quantitative estimate of drug-likeness (QED) is 0.293. The Morgan fingerprint density at radius 3 is 2.07 bits per heavy atom. The zero-order valence-electron chi connectivity index (χ0n) is 23.3. The van der Waals surface area contributed by atoms with Crippen molar-refractivity contribution in [2.24, 2.45) is 16.7 Å². The molecular formula is C33H33NO6S. The summed E-state index contributed by atoms with van der Waals surface area (Å²) in [7, 11) is -1.57. The molecule has 0 spiro atoms. The minimum Gasteiger partial charge on any atom is -0.468 e. The molecule has 1 aliphatic carbocycles. The second-order valence-electron chi connectivity index (χ2n) is 10.6. The highest BCUT2D eigenvalue weighted by atomic mass is 32.2.